The van der Waals surface area contributed by atoms with Gasteiger partial charge in [0, 0.05) is 6.54 Å². The van der Waals surface area contributed by atoms with Crippen LogP contribution in [0, 0.1) is 5.82 Å². The first-order valence-electron chi connectivity index (χ1n) is 4.46. The van der Waals surface area contributed by atoms with Crippen LogP contribution in [0.3, 0.4) is 0 Å². The lowest BCUT2D eigenvalue weighted by molar-refractivity contribution is 0.431. The van der Waals surface area contributed by atoms with Crippen LogP contribution >= 0.6 is 0 Å². The van der Waals surface area contributed by atoms with Gasteiger partial charge in [-0.3, -0.25) is 0 Å². The second-order valence-corrected chi connectivity index (χ2v) is 3.40. The van der Waals surface area contributed by atoms with Crippen LogP contribution < -0.4 is 5.32 Å². The van der Waals surface area contributed by atoms with E-state index < -0.39 is 5.82 Å². The van der Waals surface area contributed by atoms with E-state index in [1.165, 1.54) is 12.1 Å². The zero-order chi connectivity index (χ0) is 9.26. The monoisotopic (exact) mass is 181 g/mol. The molecule has 1 heterocycles. The molecule has 0 radical (unpaired) electrons. The van der Waals surface area contributed by atoms with Gasteiger partial charge in [-0.05, 0) is 36.6 Å². The van der Waals surface area contributed by atoms with E-state index in [0.717, 1.165) is 25.1 Å². The van der Waals surface area contributed by atoms with Crippen molar-refractivity contribution in [2.24, 2.45) is 0 Å². The Morgan fingerprint density at radius 2 is 2.31 bits per heavy atom. The largest absolute Gasteiger partial charge is 0.505 e. The summed E-state index contributed by atoms with van der Waals surface area (Å²) < 4.78 is 12.7. The van der Waals surface area contributed by atoms with Gasteiger partial charge >= 0.3 is 0 Å². The maximum absolute atomic E-state index is 12.7. The highest BCUT2D eigenvalue weighted by Crippen LogP contribution is 2.26. The Hall–Kier alpha value is -1.09. The number of halogens is 1. The van der Waals surface area contributed by atoms with Crippen LogP contribution in [0.1, 0.15) is 17.9 Å². The molecule has 0 amide bonds. The molecule has 1 aliphatic heterocycles. The van der Waals surface area contributed by atoms with Crippen molar-refractivity contribution >= 4 is 0 Å². The lowest BCUT2D eigenvalue weighted by atomic mass is 9.98. The molecule has 1 aromatic rings. The highest BCUT2D eigenvalue weighted by atomic mass is 19.1. The maximum Gasteiger partial charge on any atom is 0.164 e. The van der Waals surface area contributed by atoms with E-state index in [0.29, 0.717) is 5.92 Å². The molecule has 1 fully saturated rings. The summed E-state index contributed by atoms with van der Waals surface area (Å²) in [5.41, 5.74) is 1.02. The summed E-state index contributed by atoms with van der Waals surface area (Å²) in [5.74, 6) is -0.370. The number of benzene rings is 1. The summed E-state index contributed by atoms with van der Waals surface area (Å²) in [6.07, 6.45) is 1.06. The van der Waals surface area contributed by atoms with E-state index in [2.05, 4.69) is 5.32 Å². The van der Waals surface area contributed by atoms with Gasteiger partial charge in [-0.15, -0.1) is 0 Å². The fraction of sp³-hybridized carbons (Fsp3) is 0.400. The molecular formula is C10H12FNO. The van der Waals surface area contributed by atoms with Crippen molar-refractivity contribution in [2.75, 3.05) is 13.1 Å². The number of rotatable bonds is 1. The van der Waals surface area contributed by atoms with Crippen LogP contribution in [0.2, 0.25) is 0 Å². The van der Waals surface area contributed by atoms with Crippen molar-refractivity contribution < 1.29 is 9.50 Å². The Balaban J connectivity index is 2.25. The fourth-order valence-electron chi connectivity index (χ4n) is 1.72. The quantitative estimate of drug-likeness (QED) is 0.689. The average molecular weight is 181 g/mol. The predicted octanol–water partition coefficient (Wildman–Crippen LogP) is 1.61. The zero-order valence-corrected chi connectivity index (χ0v) is 7.26. The second-order valence-electron chi connectivity index (χ2n) is 3.40. The van der Waals surface area contributed by atoms with Crippen molar-refractivity contribution in [3.8, 4) is 5.75 Å². The molecule has 0 spiro atoms. The predicted molar refractivity (Wildman–Crippen MR) is 48.3 cm³/mol. The SMILES string of the molecule is Oc1cc([C@H]2CCNC2)ccc1F. The summed E-state index contributed by atoms with van der Waals surface area (Å²) >= 11 is 0. The van der Waals surface area contributed by atoms with Gasteiger partial charge in [0.15, 0.2) is 11.6 Å². The van der Waals surface area contributed by atoms with Gasteiger partial charge in [0.1, 0.15) is 0 Å². The van der Waals surface area contributed by atoms with E-state index in [4.69, 9.17) is 5.11 Å². The molecule has 1 atom stereocenters. The first kappa shape index (κ1) is 8.51. The minimum Gasteiger partial charge on any atom is -0.505 e. The summed E-state index contributed by atoms with van der Waals surface area (Å²) in [5, 5.41) is 12.4. The Kier molecular flexibility index (Phi) is 2.19. The van der Waals surface area contributed by atoms with E-state index in [9.17, 15) is 4.39 Å². The summed E-state index contributed by atoms with van der Waals surface area (Å²) in [6.45, 7) is 1.92. The van der Waals surface area contributed by atoms with Gasteiger partial charge in [0.25, 0.3) is 0 Å². The highest BCUT2D eigenvalue weighted by Gasteiger charge is 2.17. The second kappa shape index (κ2) is 3.34. The fourth-order valence-corrected chi connectivity index (χ4v) is 1.72. The van der Waals surface area contributed by atoms with Crippen molar-refractivity contribution in [1.82, 2.24) is 5.32 Å². The average Bonchev–Trinajstić information content (AvgIpc) is 2.62. The lowest BCUT2D eigenvalue weighted by Gasteiger charge is -2.08. The minimum atomic E-state index is -0.547. The molecule has 0 bridgehead atoms. The smallest absolute Gasteiger partial charge is 0.164 e. The van der Waals surface area contributed by atoms with Crippen LogP contribution in [-0.4, -0.2) is 18.2 Å². The van der Waals surface area contributed by atoms with E-state index in [-0.39, 0.29) is 5.75 Å². The van der Waals surface area contributed by atoms with Gasteiger partial charge in [0.2, 0.25) is 0 Å². The Labute approximate surface area is 76.4 Å². The number of hydrogen-bond donors (Lipinski definition) is 2. The van der Waals surface area contributed by atoms with Crippen LogP contribution in [0.25, 0.3) is 0 Å². The van der Waals surface area contributed by atoms with Crippen molar-refractivity contribution in [3.05, 3.63) is 29.6 Å². The van der Waals surface area contributed by atoms with Crippen molar-refractivity contribution in [1.29, 1.82) is 0 Å². The van der Waals surface area contributed by atoms with Crippen LogP contribution in [0.4, 0.5) is 4.39 Å². The molecule has 1 aliphatic rings. The molecule has 70 valence electrons. The van der Waals surface area contributed by atoms with Crippen LogP contribution in [0.15, 0.2) is 18.2 Å². The number of nitrogens with one attached hydrogen (secondary N) is 1. The summed E-state index contributed by atoms with van der Waals surface area (Å²) in [7, 11) is 0. The number of phenolic OH excluding ortho intramolecular Hbond substituents is 1. The molecule has 1 saturated heterocycles. The van der Waals surface area contributed by atoms with Gasteiger partial charge in [-0.25, -0.2) is 4.39 Å². The van der Waals surface area contributed by atoms with Crippen LogP contribution in [-0.2, 0) is 0 Å². The van der Waals surface area contributed by atoms with Gasteiger partial charge in [-0.1, -0.05) is 6.07 Å². The first-order chi connectivity index (χ1) is 6.27. The topological polar surface area (TPSA) is 32.3 Å². The molecule has 3 heteroatoms. The van der Waals surface area contributed by atoms with Gasteiger partial charge in [0.05, 0.1) is 0 Å². The molecule has 0 unspecified atom stereocenters. The zero-order valence-electron chi connectivity index (χ0n) is 7.26. The molecule has 0 aromatic heterocycles. The molecule has 1 aromatic carbocycles. The Morgan fingerprint density at radius 1 is 1.46 bits per heavy atom. The van der Waals surface area contributed by atoms with E-state index in [1.54, 1.807) is 6.07 Å². The molecular weight excluding hydrogens is 169 g/mol. The minimum absolute atomic E-state index is 0.246. The highest BCUT2D eigenvalue weighted by molar-refractivity contribution is 5.31. The summed E-state index contributed by atoms with van der Waals surface area (Å²) in [6, 6.07) is 4.59. The van der Waals surface area contributed by atoms with E-state index >= 15 is 0 Å². The molecule has 2 nitrogen and oxygen atoms in total. The van der Waals surface area contributed by atoms with E-state index in [1.807, 2.05) is 0 Å². The third-order valence-corrected chi connectivity index (χ3v) is 2.50. The molecule has 13 heavy (non-hydrogen) atoms. The summed E-state index contributed by atoms with van der Waals surface area (Å²) in [4.78, 5) is 0. The number of aromatic hydroxyl groups is 1. The first-order valence-corrected chi connectivity index (χ1v) is 4.46. The standard InChI is InChI=1S/C10H12FNO/c11-9-2-1-7(5-10(9)13)8-3-4-12-6-8/h1-2,5,8,12-13H,3-4,6H2/t8-/m0/s1. The molecule has 0 saturated carbocycles. The van der Waals surface area contributed by atoms with Crippen molar-refractivity contribution in [3.63, 3.8) is 0 Å². The molecule has 2 rings (SSSR count). The number of hydrogen-bond acceptors (Lipinski definition) is 2. The van der Waals surface area contributed by atoms with Crippen LogP contribution in [0.5, 0.6) is 5.75 Å². The Bertz CT molecular complexity index is 308. The van der Waals surface area contributed by atoms with Crippen molar-refractivity contribution in [2.45, 2.75) is 12.3 Å². The van der Waals surface area contributed by atoms with Gasteiger partial charge < -0.3 is 10.4 Å². The third kappa shape index (κ3) is 1.65. The third-order valence-electron chi connectivity index (χ3n) is 2.50. The van der Waals surface area contributed by atoms with Gasteiger partial charge in [-0.2, -0.15) is 0 Å². The number of phenols is 1. The maximum atomic E-state index is 12.7. The normalized spacial score (nSPS) is 22.1. The lowest BCUT2D eigenvalue weighted by Crippen LogP contribution is -2.07. The molecule has 0 aliphatic carbocycles. The Morgan fingerprint density at radius 3 is 2.92 bits per heavy atom. The molecule has 2 N–H and O–H groups in total.